The van der Waals surface area contributed by atoms with E-state index in [2.05, 4.69) is 0 Å². The fourth-order valence-electron chi connectivity index (χ4n) is 0. The first-order chi connectivity index (χ1) is 3.46. The molecule has 0 atom stereocenters. The minimum atomic E-state index is -4.48. The predicted octanol–water partition coefficient (Wildman–Crippen LogP) is -1.43. The second-order valence-corrected chi connectivity index (χ2v) is 4.66. The fraction of sp³-hybridized carbons (Fsp3) is 1.00. The Morgan fingerprint density at radius 2 is 0.571 bits per heavy atom. The maximum absolute atomic E-state index is 8.64. The molecule has 10 heteroatoms. The third-order valence-electron chi connectivity index (χ3n) is 0. The zero-order valence-corrected chi connectivity index (χ0v) is 17.8. The summed E-state index contributed by atoms with van der Waals surface area (Å²) in [5.74, 6) is 0. The van der Waals surface area contributed by atoms with Crippen molar-refractivity contribution in [3.05, 3.63) is 0 Å². The van der Waals surface area contributed by atoms with Crippen LogP contribution in [-0.4, -0.2) is 29.6 Å². The van der Waals surface area contributed by atoms with Crippen LogP contribution in [0.3, 0.4) is 0 Å². The first-order valence-corrected chi connectivity index (χ1v) is 11.4. The van der Waals surface area contributed by atoms with Crippen molar-refractivity contribution < 1.29 is 96.7 Å². The van der Waals surface area contributed by atoms with E-state index in [9.17, 15) is 0 Å². The summed E-state index contributed by atoms with van der Waals surface area (Å²) >= 11 is -8.95. The molecular formula is C4H17Na2O6U2. The number of rotatable bonds is 0. The van der Waals surface area contributed by atoms with Crippen molar-refractivity contribution in [2.45, 2.75) is 29.7 Å². The van der Waals surface area contributed by atoms with Gasteiger partial charge in [-0.25, -0.2) is 0 Å². The van der Waals surface area contributed by atoms with E-state index in [-0.39, 0.29) is 90.2 Å². The monoisotopic (exact) mass is 683 g/mol. The first kappa shape index (κ1) is 53.9. The van der Waals surface area contributed by atoms with Gasteiger partial charge < -0.3 is 1.43 Å². The summed E-state index contributed by atoms with van der Waals surface area (Å²) in [5.41, 5.74) is 0. The maximum atomic E-state index is 8.64. The molecule has 0 rings (SSSR count). The second kappa shape index (κ2) is 44.6. The standard InChI is InChI=1S/4CH4.2Na.6O.2U.H/h4*1H4;;;;;;;;;;;/q;;;;;+1;;;;;;;;;-1. The quantitative estimate of drug-likeness (QED) is 0.291. The predicted molar refractivity (Wildman–Crippen MR) is 37.9 cm³/mol. The van der Waals surface area contributed by atoms with Crippen LogP contribution in [-0.2, 0) is 13.4 Å². The van der Waals surface area contributed by atoms with Crippen molar-refractivity contribution >= 4 is 29.6 Å². The molecule has 14 heavy (non-hydrogen) atoms. The Morgan fingerprint density at radius 3 is 0.571 bits per heavy atom. The van der Waals surface area contributed by atoms with Crippen LogP contribution in [0.5, 0.6) is 0 Å². The molecule has 0 N–H and O–H groups in total. The molecule has 79 valence electrons. The Hall–Kier alpha value is 2.90. The fourth-order valence-corrected chi connectivity index (χ4v) is 0. The van der Waals surface area contributed by atoms with E-state index in [0.29, 0.717) is 0 Å². The number of hydrogen-bond donors (Lipinski definition) is 0. The van der Waals surface area contributed by atoms with Crippen LogP contribution in [0.1, 0.15) is 31.1 Å². The van der Waals surface area contributed by atoms with Crippen molar-refractivity contribution in [2.24, 2.45) is 0 Å². The average Bonchev–Trinajstić information content (AvgIpc) is 1.25. The third kappa shape index (κ3) is 342. The van der Waals surface area contributed by atoms with E-state index in [0.717, 1.165) is 0 Å². The molecule has 0 unspecified atom stereocenters. The molecule has 0 bridgehead atoms. The zero-order valence-electron chi connectivity index (χ0n) is 6.45. The van der Waals surface area contributed by atoms with Gasteiger partial charge in [0.1, 0.15) is 0 Å². The summed E-state index contributed by atoms with van der Waals surface area (Å²) in [7, 11) is 0. The molecule has 0 heterocycles. The van der Waals surface area contributed by atoms with Crippen molar-refractivity contribution in [3.63, 3.8) is 0 Å². The molecule has 0 saturated heterocycles. The van der Waals surface area contributed by atoms with Crippen LogP contribution in [0.15, 0.2) is 0 Å². The molecule has 0 aromatic carbocycles. The van der Waals surface area contributed by atoms with Crippen LogP contribution in [0.4, 0.5) is 0 Å². The Morgan fingerprint density at radius 1 is 0.571 bits per heavy atom. The van der Waals surface area contributed by atoms with Crippen molar-refractivity contribution in [2.75, 3.05) is 0 Å². The summed E-state index contributed by atoms with van der Waals surface area (Å²) in [5, 5.41) is 0. The van der Waals surface area contributed by atoms with Gasteiger partial charge in [-0.05, 0) is 0 Å². The van der Waals surface area contributed by atoms with Crippen molar-refractivity contribution in [1.82, 2.24) is 0 Å². The van der Waals surface area contributed by atoms with Gasteiger partial charge in [-0.1, -0.05) is 29.7 Å². The van der Waals surface area contributed by atoms with Gasteiger partial charge in [-0.15, -0.1) is 0 Å². The second-order valence-electron chi connectivity index (χ2n) is 0.500. The molecule has 0 fully saturated rings. The van der Waals surface area contributed by atoms with Gasteiger partial charge in [-0.2, -0.15) is 0 Å². The summed E-state index contributed by atoms with van der Waals surface area (Å²) in [6, 6.07) is 0. The number of hydrogen-bond acceptors (Lipinski definition) is 6. The Bertz CT molecular complexity index is 200. The van der Waals surface area contributed by atoms with Gasteiger partial charge in [0.05, 0.1) is 0 Å². The molecule has 0 amide bonds. The van der Waals surface area contributed by atoms with E-state index in [1.165, 1.54) is 0 Å². The molecule has 6 nitrogen and oxygen atoms in total. The molecular weight excluding hydrogens is 666 g/mol. The first-order valence-electron chi connectivity index (χ1n) is 1.22. The van der Waals surface area contributed by atoms with Crippen LogP contribution in [0.25, 0.3) is 0 Å². The normalized spacial score (nSPS) is 3.43. The molecule has 0 aromatic rings. The molecule has 0 aromatic heterocycles. The summed E-state index contributed by atoms with van der Waals surface area (Å²) < 4.78 is 51.8. The molecule has 0 saturated carbocycles. The van der Waals surface area contributed by atoms with Crippen LogP contribution < -0.4 is 29.6 Å². The zero-order chi connectivity index (χ0) is 7.15. The minimum absolute atomic E-state index is 0. The Labute approximate surface area is 152 Å². The van der Waals surface area contributed by atoms with Crippen LogP contribution >= 0.6 is 0 Å². The van der Waals surface area contributed by atoms with Crippen LogP contribution in [0, 0.1) is 52.3 Å². The van der Waals surface area contributed by atoms with Crippen LogP contribution in [0.2, 0.25) is 0 Å². The topological polar surface area (TPSA) is 102 Å². The van der Waals surface area contributed by atoms with Gasteiger partial charge >= 0.3 is 95.3 Å². The molecule has 0 spiro atoms. The van der Waals surface area contributed by atoms with Gasteiger partial charge in [0.2, 0.25) is 0 Å². The van der Waals surface area contributed by atoms with Gasteiger partial charge in [0.15, 0.2) is 0 Å². The summed E-state index contributed by atoms with van der Waals surface area (Å²) in [6.07, 6.45) is 0. The van der Waals surface area contributed by atoms with E-state index in [1.807, 2.05) is 0 Å². The van der Waals surface area contributed by atoms with E-state index < -0.39 is 52.3 Å². The summed E-state index contributed by atoms with van der Waals surface area (Å²) in [4.78, 5) is 0. The van der Waals surface area contributed by atoms with Gasteiger partial charge in [-0.3, -0.25) is 0 Å². The SMILES string of the molecule is C.C.C.C.[H-].[Na+].[Na].[O]=[U](=[O])=[O].[O]=[U](=[O])=[O]. The average molecular weight is 683 g/mol. The summed E-state index contributed by atoms with van der Waals surface area (Å²) in [6.45, 7) is 0. The molecule has 0 aliphatic carbocycles. The Kier molecular flexibility index (Phi) is 172. The third-order valence-corrected chi connectivity index (χ3v) is 0. The van der Waals surface area contributed by atoms with Gasteiger partial charge in [0, 0.05) is 29.6 Å². The van der Waals surface area contributed by atoms with Crippen molar-refractivity contribution in [3.8, 4) is 0 Å². The van der Waals surface area contributed by atoms with E-state index in [1.54, 1.807) is 0 Å². The van der Waals surface area contributed by atoms with Crippen molar-refractivity contribution in [1.29, 1.82) is 0 Å². The molecule has 0 aliphatic heterocycles. The van der Waals surface area contributed by atoms with E-state index >= 15 is 0 Å². The molecule has 1 radical (unpaired) electrons. The molecule has 0 aliphatic rings. The van der Waals surface area contributed by atoms with E-state index in [4.69, 9.17) is 13.4 Å². The Balaban J connectivity index is -0.00000000468. The van der Waals surface area contributed by atoms with Gasteiger partial charge in [0.25, 0.3) is 0 Å².